The van der Waals surface area contributed by atoms with Crippen molar-refractivity contribution in [3.63, 3.8) is 0 Å². The average molecular weight is 491 g/mol. The predicted molar refractivity (Wildman–Crippen MR) is 145 cm³/mol. The van der Waals surface area contributed by atoms with Crippen LogP contribution >= 0.6 is 0 Å². The molecule has 0 saturated heterocycles. The van der Waals surface area contributed by atoms with E-state index in [1.807, 2.05) is 121 Å². The lowest BCUT2D eigenvalue weighted by molar-refractivity contribution is -0.125. The standard InChI is InChI=1S/C32H30N2O3/c35-24-29(33-31(37)23-25-13-5-1-6-14-25)21-22-30(36)34-32(26-15-7-2-8-16-26,27-17-9-3-10-18-27)28-19-11-4-12-20-28/h1-20,24,29H,21-23H2,(H,33,37)(H,34,36). The van der Waals surface area contributed by atoms with E-state index in [9.17, 15) is 14.4 Å². The first kappa shape index (κ1) is 25.6. The number of hydrogen-bond donors (Lipinski definition) is 2. The van der Waals surface area contributed by atoms with E-state index >= 15 is 0 Å². The number of hydrogen-bond acceptors (Lipinski definition) is 3. The Kier molecular flexibility index (Phi) is 8.61. The zero-order valence-corrected chi connectivity index (χ0v) is 20.5. The van der Waals surface area contributed by atoms with E-state index in [1.54, 1.807) is 0 Å². The minimum atomic E-state index is -0.923. The molecule has 2 amide bonds. The van der Waals surface area contributed by atoms with Gasteiger partial charge in [-0.3, -0.25) is 9.59 Å². The van der Waals surface area contributed by atoms with Gasteiger partial charge in [-0.2, -0.15) is 0 Å². The van der Waals surface area contributed by atoms with Gasteiger partial charge in [0.15, 0.2) is 0 Å². The van der Waals surface area contributed by atoms with Crippen LogP contribution in [-0.2, 0) is 26.3 Å². The van der Waals surface area contributed by atoms with Gasteiger partial charge in [-0.1, -0.05) is 121 Å². The summed E-state index contributed by atoms with van der Waals surface area (Å²) in [5.74, 6) is -0.475. The van der Waals surface area contributed by atoms with Crippen molar-refractivity contribution in [1.82, 2.24) is 10.6 Å². The fourth-order valence-electron chi connectivity index (χ4n) is 4.55. The van der Waals surface area contributed by atoms with Crippen LogP contribution in [0.1, 0.15) is 35.1 Å². The highest BCUT2D eigenvalue weighted by atomic mass is 16.2. The summed E-state index contributed by atoms with van der Waals surface area (Å²) in [6, 6.07) is 38.1. The third kappa shape index (κ3) is 6.39. The normalized spacial score (nSPS) is 11.8. The van der Waals surface area contributed by atoms with Crippen molar-refractivity contribution in [3.8, 4) is 0 Å². The summed E-state index contributed by atoms with van der Waals surface area (Å²) in [5, 5.41) is 6.03. The SMILES string of the molecule is O=CC(CCC(=O)NC(c1ccccc1)(c1ccccc1)c1ccccc1)NC(=O)Cc1ccccc1. The van der Waals surface area contributed by atoms with Gasteiger partial charge >= 0.3 is 0 Å². The minimum absolute atomic E-state index is 0.0727. The van der Waals surface area contributed by atoms with Gasteiger partial charge in [-0.25, -0.2) is 0 Å². The molecule has 0 spiro atoms. The maximum atomic E-state index is 13.4. The summed E-state index contributed by atoms with van der Waals surface area (Å²) < 4.78 is 0. The molecule has 0 aliphatic rings. The summed E-state index contributed by atoms with van der Waals surface area (Å²) >= 11 is 0. The molecule has 4 rings (SSSR count). The first-order valence-corrected chi connectivity index (χ1v) is 12.4. The molecule has 2 N–H and O–H groups in total. The van der Waals surface area contributed by atoms with Crippen LogP contribution in [0.25, 0.3) is 0 Å². The van der Waals surface area contributed by atoms with Crippen LogP contribution in [0.4, 0.5) is 0 Å². The van der Waals surface area contributed by atoms with E-state index < -0.39 is 11.6 Å². The lowest BCUT2D eigenvalue weighted by atomic mass is 9.77. The third-order valence-corrected chi connectivity index (χ3v) is 6.35. The molecule has 0 fully saturated rings. The molecule has 0 bridgehead atoms. The fourth-order valence-corrected chi connectivity index (χ4v) is 4.55. The van der Waals surface area contributed by atoms with E-state index in [-0.39, 0.29) is 31.1 Å². The highest BCUT2D eigenvalue weighted by Crippen LogP contribution is 2.36. The Morgan fingerprint density at radius 2 is 1.08 bits per heavy atom. The maximum Gasteiger partial charge on any atom is 0.224 e. The van der Waals surface area contributed by atoms with E-state index in [4.69, 9.17) is 0 Å². The Morgan fingerprint density at radius 3 is 1.51 bits per heavy atom. The lowest BCUT2D eigenvalue weighted by Gasteiger charge is -2.37. The molecular weight excluding hydrogens is 460 g/mol. The molecule has 4 aromatic carbocycles. The Labute approximate surface area is 217 Å². The summed E-state index contributed by atoms with van der Waals surface area (Å²) in [4.78, 5) is 37.6. The van der Waals surface area contributed by atoms with Gasteiger partial charge < -0.3 is 15.4 Å². The second kappa shape index (κ2) is 12.5. The molecular formula is C32H30N2O3. The first-order chi connectivity index (χ1) is 18.1. The number of amides is 2. The zero-order chi connectivity index (χ0) is 25.9. The summed E-state index contributed by atoms with van der Waals surface area (Å²) in [6.07, 6.45) is 1.14. The van der Waals surface area contributed by atoms with Crippen LogP contribution in [0.5, 0.6) is 0 Å². The molecule has 0 saturated carbocycles. The molecule has 4 aromatic rings. The smallest absolute Gasteiger partial charge is 0.224 e. The quantitative estimate of drug-likeness (QED) is 0.234. The summed E-state index contributed by atoms with van der Waals surface area (Å²) in [6.45, 7) is 0. The van der Waals surface area contributed by atoms with Crippen molar-refractivity contribution in [2.24, 2.45) is 0 Å². The Balaban J connectivity index is 1.54. The van der Waals surface area contributed by atoms with Crippen molar-refractivity contribution >= 4 is 18.1 Å². The van der Waals surface area contributed by atoms with E-state index in [2.05, 4.69) is 10.6 Å². The highest BCUT2D eigenvalue weighted by molar-refractivity contribution is 5.83. The minimum Gasteiger partial charge on any atom is -0.346 e. The van der Waals surface area contributed by atoms with Gasteiger partial charge in [-0.15, -0.1) is 0 Å². The largest absolute Gasteiger partial charge is 0.346 e. The predicted octanol–water partition coefficient (Wildman–Crippen LogP) is 4.80. The molecule has 0 heterocycles. The number of nitrogens with one attached hydrogen (secondary N) is 2. The van der Waals surface area contributed by atoms with E-state index in [0.717, 1.165) is 22.3 Å². The molecule has 5 heteroatoms. The van der Waals surface area contributed by atoms with Crippen molar-refractivity contribution in [2.45, 2.75) is 30.8 Å². The van der Waals surface area contributed by atoms with E-state index in [0.29, 0.717) is 6.29 Å². The van der Waals surface area contributed by atoms with Crippen molar-refractivity contribution in [1.29, 1.82) is 0 Å². The Hall–Kier alpha value is -4.51. The van der Waals surface area contributed by atoms with Gasteiger partial charge in [-0.05, 0) is 28.7 Å². The number of rotatable bonds is 11. The van der Waals surface area contributed by atoms with E-state index in [1.165, 1.54) is 0 Å². The lowest BCUT2D eigenvalue weighted by Crippen LogP contribution is -2.48. The van der Waals surface area contributed by atoms with Crippen LogP contribution in [0.3, 0.4) is 0 Å². The van der Waals surface area contributed by atoms with Crippen molar-refractivity contribution in [2.75, 3.05) is 0 Å². The summed E-state index contributed by atoms with van der Waals surface area (Å²) in [5.41, 5.74) is 2.70. The molecule has 0 aromatic heterocycles. The summed E-state index contributed by atoms with van der Waals surface area (Å²) in [7, 11) is 0. The topological polar surface area (TPSA) is 75.3 Å². The van der Waals surface area contributed by atoms with Crippen molar-refractivity contribution in [3.05, 3.63) is 144 Å². The van der Waals surface area contributed by atoms with Gasteiger partial charge in [0.1, 0.15) is 11.8 Å². The molecule has 1 atom stereocenters. The van der Waals surface area contributed by atoms with Crippen LogP contribution in [0.15, 0.2) is 121 Å². The molecule has 0 radical (unpaired) electrons. The number of benzene rings is 4. The van der Waals surface area contributed by atoms with Crippen LogP contribution in [0, 0.1) is 0 Å². The number of aldehydes is 1. The van der Waals surface area contributed by atoms with Gasteiger partial charge in [0.25, 0.3) is 0 Å². The molecule has 186 valence electrons. The maximum absolute atomic E-state index is 13.4. The van der Waals surface area contributed by atoms with Gasteiger partial charge in [0, 0.05) is 6.42 Å². The Morgan fingerprint density at radius 1 is 0.649 bits per heavy atom. The molecule has 1 unspecified atom stereocenters. The van der Waals surface area contributed by atoms with Gasteiger partial charge in [0.2, 0.25) is 11.8 Å². The molecule has 0 aliphatic heterocycles. The molecule has 5 nitrogen and oxygen atoms in total. The van der Waals surface area contributed by atoms with Crippen LogP contribution in [0.2, 0.25) is 0 Å². The first-order valence-electron chi connectivity index (χ1n) is 12.4. The van der Waals surface area contributed by atoms with Crippen LogP contribution in [-0.4, -0.2) is 24.1 Å². The molecule has 37 heavy (non-hydrogen) atoms. The number of carbonyl (C=O) groups is 3. The van der Waals surface area contributed by atoms with Crippen molar-refractivity contribution < 1.29 is 14.4 Å². The zero-order valence-electron chi connectivity index (χ0n) is 20.5. The number of carbonyl (C=O) groups excluding carboxylic acids is 3. The fraction of sp³-hybridized carbons (Fsp3) is 0.156. The average Bonchev–Trinajstić information content (AvgIpc) is 2.96. The van der Waals surface area contributed by atoms with Crippen LogP contribution < -0.4 is 10.6 Å². The van der Waals surface area contributed by atoms with Gasteiger partial charge in [0.05, 0.1) is 12.5 Å². The third-order valence-electron chi connectivity index (χ3n) is 6.35. The second-order valence-corrected chi connectivity index (χ2v) is 8.91. The monoisotopic (exact) mass is 490 g/mol. The second-order valence-electron chi connectivity index (χ2n) is 8.91. The highest BCUT2D eigenvalue weighted by Gasteiger charge is 2.37. The Bertz CT molecular complexity index is 1200. The molecule has 0 aliphatic carbocycles.